The third-order valence-corrected chi connectivity index (χ3v) is 5.60. The Morgan fingerprint density at radius 2 is 1.50 bits per heavy atom. The highest BCUT2D eigenvalue weighted by molar-refractivity contribution is 8.16. The van der Waals surface area contributed by atoms with E-state index in [0.717, 1.165) is 39.1 Å². The summed E-state index contributed by atoms with van der Waals surface area (Å²) in [5, 5.41) is 8.25. The Labute approximate surface area is 132 Å². The molecule has 0 aliphatic carbocycles. The normalized spacial score (nSPS) is 16.4. The summed E-state index contributed by atoms with van der Waals surface area (Å²) >= 11 is 4.08. The van der Waals surface area contributed by atoms with Crippen molar-refractivity contribution in [3.8, 4) is 0 Å². The fraction of sp³-hybridized carbons (Fsp3) is 0.929. The SMILES string of the molecule is C=NCCCNCCCCNCCCN1CSCSC1. The predicted molar refractivity (Wildman–Crippen MR) is 95.1 cm³/mol. The van der Waals surface area contributed by atoms with E-state index in [9.17, 15) is 0 Å². The van der Waals surface area contributed by atoms with E-state index in [2.05, 4.69) is 27.2 Å². The first-order valence-electron chi connectivity index (χ1n) is 7.65. The zero-order chi connectivity index (χ0) is 14.3. The monoisotopic (exact) mass is 318 g/mol. The lowest BCUT2D eigenvalue weighted by atomic mass is 10.3. The highest BCUT2D eigenvalue weighted by Crippen LogP contribution is 2.21. The van der Waals surface area contributed by atoms with Crippen molar-refractivity contribution in [1.29, 1.82) is 0 Å². The van der Waals surface area contributed by atoms with Crippen LogP contribution in [0.2, 0.25) is 0 Å². The summed E-state index contributed by atoms with van der Waals surface area (Å²) in [6.45, 7) is 10.1. The minimum absolute atomic E-state index is 0.878. The van der Waals surface area contributed by atoms with Gasteiger partial charge in [-0.15, -0.1) is 23.5 Å². The van der Waals surface area contributed by atoms with E-state index in [1.165, 1.54) is 42.6 Å². The van der Waals surface area contributed by atoms with Crippen LogP contribution in [-0.4, -0.2) is 67.7 Å². The van der Waals surface area contributed by atoms with Crippen LogP contribution in [-0.2, 0) is 0 Å². The van der Waals surface area contributed by atoms with Crippen molar-refractivity contribution in [2.75, 3.05) is 56.1 Å². The molecule has 1 heterocycles. The largest absolute Gasteiger partial charge is 0.317 e. The molecule has 4 nitrogen and oxygen atoms in total. The maximum atomic E-state index is 3.84. The lowest BCUT2D eigenvalue weighted by molar-refractivity contribution is 0.364. The molecular formula is C14H30N4S2. The Morgan fingerprint density at radius 3 is 2.15 bits per heavy atom. The van der Waals surface area contributed by atoms with Gasteiger partial charge in [-0.25, -0.2) is 0 Å². The van der Waals surface area contributed by atoms with Crippen molar-refractivity contribution >= 4 is 30.2 Å². The number of hydrogen-bond acceptors (Lipinski definition) is 6. The molecule has 0 aromatic carbocycles. The lowest BCUT2D eigenvalue weighted by Crippen LogP contribution is -2.29. The van der Waals surface area contributed by atoms with Crippen LogP contribution < -0.4 is 10.6 Å². The number of nitrogens with one attached hydrogen (secondary N) is 2. The Kier molecular flexibility index (Phi) is 13.0. The molecule has 1 rings (SSSR count). The Bertz CT molecular complexity index is 223. The van der Waals surface area contributed by atoms with Crippen LogP contribution in [0.5, 0.6) is 0 Å². The first-order chi connectivity index (χ1) is 9.93. The molecule has 0 aromatic heterocycles. The third-order valence-electron chi connectivity index (χ3n) is 3.17. The molecule has 2 N–H and O–H groups in total. The molecule has 20 heavy (non-hydrogen) atoms. The van der Waals surface area contributed by atoms with Crippen LogP contribution >= 0.6 is 23.5 Å². The van der Waals surface area contributed by atoms with Gasteiger partial charge in [-0.2, -0.15) is 0 Å². The first kappa shape index (κ1) is 18.3. The Balaban J connectivity index is 1.71. The average molecular weight is 319 g/mol. The van der Waals surface area contributed by atoms with Crippen LogP contribution in [0.25, 0.3) is 0 Å². The molecule has 1 saturated heterocycles. The molecule has 1 aliphatic rings. The molecule has 0 atom stereocenters. The summed E-state index contributed by atoms with van der Waals surface area (Å²) in [5.74, 6) is 2.44. The summed E-state index contributed by atoms with van der Waals surface area (Å²) in [7, 11) is 0. The second kappa shape index (κ2) is 14.2. The van der Waals surface area contributed by atoms with Gasteiger partial charge in [0.15, 0.2) is 0 Å². The van der Waals surface area contributed by atoms with Crippen molar-refractivity contribution in [1.82, 2.24) is 15.5 Å². The molecule has 1 aliphatic heterocycles. The quantitative estimate of drug-likeness (QED) is 0.402. The van der Waals surface area contributed by atoms with Gasteiger partial charge < -0.3 is 15.6 Å². The smallest absolute Gasteiger partial charge is 0.0460 e. The summed E-state index contributed by atoms with van der Waals surface area (Å²) in [5.41, 5.74) is 0. The number of rotatable bonds is 13. The van der Waals surface area contributed by atoms with Gasteiger partial charge in [-0.3, -0.25) is 4.90 Å². The summed E-state index contributed by atoms with van der Waals surface area (Å²) in [6.07, 6.45) is 4.90. The number of hydrogen-bond donors (Lipinski definition) is 2. The molecule has 0 radical (unpaired) electrons. The fourth-order valence-corrected chi connectivity index (χ4v) is 4.19. The van der Waals surface area contributed by atoms with Gasteiger partial charge >= 0.3 is 0 Å². The molecule has 0 unspecified atom stereocenters. The van der Waals surface area contributed by atoms with Gasteiger partial charge in [0.1, 0.15) is 0 Å². The highest BCUT2D eigenvalue weighted by Gasteiger charge is 2.09. The van der Waals surface area contributed by atoms with Crippen molar-refractivity contribution in [3.63, 3.8) is 0 Å². The first-order valence-corrected chi connectivity index (χ1v) is 9.96. The third kappa shape index (κ3) is 11.0. The zero-order valence-electron chi connectivity index (χ0n) is 12.6. The molecular weight excluding hydrogens is 288 g/mol. The molecule has 0 amide bonds. The predicted octanol–water partition coefficient (Wildman–Crippen LogP) is 2.08. The average Bonchev–Trinajstić information content (AvgIpc) is 2.49. The van der Waals surface area contributed by atoms with Gasteiger partial charge in [0.05, 0.1) is 0 Å². The minimum Gasteiger partial charge on any atom is -0.317 e. The maximum Gasteiger partial charge on any atom is 0.0460 e. The van der Waals surface area contributed by atoms with Crippen LogP contribution in [0.1, 0.15) is 25.7 Å². The maximum absolute atomic E-state index is 3.84. The lowest BCUT2D eigenvalue weighted by Gasteiger charge is -2.25. The summed E-state index contributed by atoms with van der Waals surface area (Å²) < 4.78 is 0. The van der Waals surface area contributed by atoms with E-state index in [-0.39, 0.29) is 0 Å². The van der Waals surface area contributed by atoms with Crippen LogP contribution in [0.15, 0.2) is 4.99 Å². The fourth-order valence-electron chi connectivity index (χ4n) is 2.05. The van der Waals surface area contributed by atoms with Gasteiger partial charge in [-0.05, 0) is 58.6 Å². The van der Waals surface area contributed by atoms with E-state index >= 15 is 0 Å². The van der Waals surface area contributed by atoms with Gasteiger partial charge in [-0.1, -0.05) is 0 Å². The van der Waals surface area contributed by atoms with Crippen LogP contribution in [0, 0.1) is 0 Å². The van der Waals surface area contributed by atoms with E-state index in [1.807, 2.05) is 23.5 Å². The number of nitrogens with zero attached hydrogens (tertiary/aromatic N) is 2. The topological polar surface area (TPSA) is 39.7 Å². The van der Waals surface area contributed by atoms with E-state index < -0.39 is 0 Å². The Morgan fingerprint density at radius 1 is 0.900 bits per heavy atom. The summed E-state index contributed by atoms with van der Waals surface area (Å²) in [6, 6.07) is 0. The molecule has 0 bridgehead atoms. The summed E-state index contributed by atoms with van der Waals surface area (Å²) in [4.78, 5) is 6.38. The van der Waals surface area contributed by atoms with Gasteiger partial charge in [0, 0.05) is 29.9 Å². The minimum atomic E-state index is 0.878. The number of aliphatic imine (C=N–C) groups is 1. The molecule has 0 saturated carbocycles. The van der Waals surface area contributed by atoms with Gasteiger partial charge in [0.25, 0.3) is 0 Å². The highest BCUT2D eigenvalue weighted by atomic mass is 32.2. The van der Waals surface area contributed by atoms with Crippen molar-refractivity contribution in [2.45, 2.75) is 25.7 Å². The zero-order valence-corrected chi connectivity index (χ0v) is 14.2. The van der Waals surface area contributed by atoms with E-state index in [1.54, 1.807) is 0 Å². The van der Waals surface area contributed by atoms with Gasteiger partial charge in [0.2, 0.25) is 0 Å². The molecule has 1 fully saturated rings. The molecule has 0 spiro atoms. The molecule has 6 heteroatoms. The Hall–Kier alpha value is 0.250. The van der Waals surface area contributed by atoms with Crippen LogP contribution in [0.4, 0.5) is 0 Å². The van der Waals surface area contributed by atoms with E-state index in [0.29, 0.717) is 0 Å². The van der Waals surface area contributed by atoms with Crippen LogP contribution in [0.3, 0.4) is 0 Å². The molecule has 118 valence electrons. The van der Waals surface area contributed by atoms with Crippen molar-refractivity contribution in [2.24, 2.45) is 4.99 Å². The second-order valence-electron chi connectivity index (χ2n) is 5.04. The number of thioether (sulfide) groups is 2. The molecule has 0 aromatic rings. The standard InChI is InChI=1S/C14H30N4S2/c1-15-6-4-9-16-7-2-3-8-17-10-5-11-18-12-19-14-20-13-18/h16-17H,1-14H2. The van der Waals surface area contributed by atoms with E-state index in [4.69, 9.17) is 0 Å². The van der Waals surface area contributed by atoms with Crippen molar-refractivity contribution in [3.05, 3.63) is 0 Å². The van der Waals surface area contributed by atoms with Crippen molar-refractivity contribution < 1.29 is 0 Å². The number of unbranched alkanes of at least 4 members (excludes halogenated alkanes) is 1. The second-order valence-corrected chi connectivity index (χ2v) is 7.32.